The Morgan fingerprint density at radius 2 is 1.81 bits per heavy atom. The maximum atomic E-state index is 12.3. The summed E-state index contributed by atoms with van der Waals surface area (Å²) in [6.07, 6.45) is -4.16. The minimum Gasteiger partial charge on any atom is -0.481 e. The van der Waals surface area contributed by atoms with Gasteiger partial charge in [-0.2, -0.15) is 13.2 Å². The number of anilines is 1. The van der Waals surface area contributed by atoms with Gasteiger partial charge in [0, 0.05) is 12.2 Å². The van der Waals surface area contributed by atoms with Crippen LogP contribution >= 0.6 is 0 Å². The molecule has 0 saturated heterocycles. The molecule has 0 heterocycles. The van der Waals surface area contributed by atoms with Crippen molar-refractivity contribution >= 4 is 17.7 Å². The van der Waals surface area contributed by atoms with Gasteiger partial charge in [-0.15, -0.1) is 0 Å². The Hall–Kier alpha value is -2.25. The Kier molecular flexibility index (Phi) is 5.57. The summed E-state index contributed by atoms with van der Waals surface area (Å²) in [4.78, 5) is 22.0. The van der Waals surface area contributed by atoms with E-state index in [0.717, 1.165) is 24.3 Å². The SMILES string of the molecule is CC(CCNC(=O)Nc1ccc(C(F)(F)F)cc1)C(=O)O. The zero-order valence-corrected chi connectivity index (χ0v) is 11.2. The second-order valence-corrected chi connectivity index (χ2v) is 4.48. The van der Waals surface area contributed by atoms with Crippen molar-refractivity contribution in [1.29, 1.82) is 0 Å². The molecule has 1 aromatic rings. The largest absolute Gasteiger partial charge is 0.481 e. The molecule has 0 spiro atoms. The van der Waals surface area contributed by atoms with Crippen molar-refractivity contribution in [1.82, 2.24) is 5.32 Å². The number of amides is 2. The van der Waals surface area contributed by atoms with E-state index in [4.69, 9.17) is 5.11 Å². The van der Waals surface area contributed by atoms with Crippen molar-refractivity contribution < 1.29 is 27.9 Å². The van der Waals surface area contributed by atoms with E-state index in [9.17, 15) is 22.8 Å². The Balaban J connectivity index is 2.43. The fraction of sp³-hybridized carbons (Fsp3) is 0.385. The standard InChI is InChI=1S/C13H15F3N2O3/c1-8(11(19)20)6-7-17-12(21)18-10-4-2-9(3-5-10)13(14,15)16/h2-5,8H,6-7H2,1H3,(H,19,20)(H2,17,18,21). The first kappa shape index (κ1) is 16.8. The summed E-state index contributed by atoms with van der Waals surface area (Å²) < 4.78 is 37.0. The molecule has 5 nitrogen and oxygen atoms in total. The lowest BCUT2D eigenvalue weighted by Gasteiger charge is -2.10. The number of carboxylic acid groups (broad SMARTS) is 1. The van der Waals surface area contributed by atoms with Crippen LogP contribution in [0.4, 0.5) is 23.7 Å². The first-order valence-corrected chi connectivity index (χ1v) is 6.15. The lowest BCUT2D eigenvalue weighted by atomic mass is 10.1. The number of hydrogen-bond donors (Lipinski definition) is 3. The molecule has 8 heteroatoms. The van der Waals surface area contributed by atoms with Crippen molar-refractivity contribution in [3.8, 4) is 0 Å². The van der Waals surface area contributed by atoms with E-state index in [1.165, 1.54) is 6.92 Å². The molecule has 1 unspecified atom stereocenters. The molecule has 21 heavy (non-hydrogen) atoms. The van der Waals surface area contributed by atoms with Gasteiger partial charge >= 0.3 is 18.2 Å². The second-order valence-electron chi connectivity index (χ2n) is 4.48. The fourth-order valence-corrected chi connectivity index (χ4v) is 1.44. The van der Waals surface area contributed by atoms with Crippen molar-refractivity contribution in [3.05, 3.63) is 29.8 Å². The number of alkyl halides is 3. The molecular formula is C13H15F3N2O3. The molecule has 0 aliphatic heterocycles. The maximum absolute atomic E-state index is 12.3. The third-order valence-electron chi connectivity index (χ3n) is 2.75. The molecule has 3 N–H and O–H groups in total. The Morgan fingerprint density at radius 1 is 1.24 bits per heavy atom. The Bertz CT molecular complexity index is 500. The summed E-state index contributed by atoms with van der Waals surface area (Å²) in [6.45, 7) is 1.66. The number of hydrogen-bond acceptors (Lipinski definition) is 2. The van der Waals surface area contributed by atoms with Gasteiger partial charge in [0.15, 0.2) is 0 Å². The Morgan fingerprint density at radius 3 is 2.29 bits per heavy atom. The number of nitrogens with one attached hydrogen (secondary N) is 2. The van der Waals surface area contributed by atoms with E-state index >= 15 is 0 Å². The molecule has 1 aromatic carbocycles. The number of rotatable bonds is 5. The van der Waals surface area contributed by atoms with Crippen LogP contribution in [-0.2, 0) is 11.0 Å². The summed E-state index contributed by atoms with van der Waals surface area (Å²) in [5, 5.41) is 13.4. The molecule has 1 atom stereocenters. The van der Waals surface area contributed by atoms with Crippen LogP contribution in [0.1, 0.15) is 18.9 Å². The minimum absolute atomic E-state index is 0.153. The summed E-state index contributed by atoms with van der Waals surface area (Å²) in [7, 11) is 0. The highest BCUT2D eigenvalue weighted by molar-refractivity contribution is 5.89. The number of carboxylic acids is 1. The lowest BCUT2D eigenvalue weighted by molar-refractivity contribution is -0.141. The average Bonchev–Trinajstić information content (AvgIpc) is 2.38. The number of halogens is 3. The molecular weight excluding hydrogens is 289 g/mol. The molecule has 116 valence electrons. The number of carbonyl (C=O) groups is 2. The average molecular weight is 304 g/mol. The van der Waals surface area contributed by atoms with E-state index in [-0.39, 0.29) is 18.7 Å². The first-order chi connectivity index (χ1) is 9.70. The van der Waals surface area contributed by atoms with E-state index in [1.54, 1.807) is 0 Å². The number of aliphatic carboxylic acids is 1. The van der Waals surface area contributed by atoms with Crippen LogP contribution in [0.3, 0.4) is 0 Å². The summed E-state index contributed by atoms with van der Waals surface area (Å²) in [6, 6.07) is 3.40. The molecule has 2 amide bonds. The van der Waals surface area contributed by atoms with Crippen LogP contribution in [-0.4, -0.2) is 23.7 Å². The molecule has 0 radical (unpaired) electrons. The molecule has 0 aliphatic rings. The van der Waals surface area contributed by atoms with Crippen LogP contribution in [0.2, 0.25) is 0 Å². The number of urea groups is 1. The van der Waals surface area contributed by atoms with Gasteiger partial charge < -0.3 is 15.7 Å². The van der Waals surface area contributed by atoms with Gasteiger partial charge in [0.25, 0.3) is 0 Å². The highest BCUT2D eigenvalue weighted by Gasteiger charge is 2.29. The summed E-state index contributed by atoms with van der Waals surface area (Å²) >= 11 is 0. The highest BCUT2D eigenvalue weighted by Crippen LogP contribution is 2.29. The fourth-order valence-electron chi connectivity index (χ4n) is 1.44. The van der Waals surface area contributed by atoms with Crippen LogP contribution in [0.25, 0.3) is 0 Å². The van der Waals surface area contributed by atoms with Crippen LogP contribution < -0.4 is 10.6 Å². The third-order valence-corrected chi connectivity index (χ3v) is 2.75. The van der Waals surface area contributed by atoms with E-state index in [1.807, 2.05) is 0 Å². The van der Waals surface area contributed by atoms with Crippen LogP contribution in [0.15, 0.2) is 24.3 Å². The van der Waals surface area contributed by atoms with Crippen molar-refractivity contribution in [2.75, 3.05) is 11.9 Å². The molecule has 1 rings (SSSR count). The van der Waals surface area contributed by atoms with Crippen LogP contribution in [0.5, 0.6) is 0 Å². The zero-order valence-electron chi connectivity index (χ0n) is 11.2. The van der Waals surface area contributed by atoms with Crippen LogP contribution in [0, 0.1) is 5.92 Å². The van der Waals surface area contributed by atoms with Gasteiger partial charge in [-0.05, 0) is 30.7 Å². The topological polar surface area (TPSA) is 78.4 Å². The van der Waals surface area contributed by atoms with Gasteiger partial charge in [-0.1, -0.05) is 6.92 Å². The normalized spacial score (nSPS) is 12.6. The summed E-state index contributed by atoms with van der Waals surface area (Å²) in [5.74, 6) is -1.55. The summed E-state index contributed by atoms with van der Waals surface area (Å²) in [5.41, 5.74) is -0.587. The molecule has 0 aromatic heterocycles. The van der Waals surface area contributed by atoms with Crippen molar-refractivity contribution in [2.24, 2.45) is 5.92 Å². The molecule has 0 fully saturated rings. The van der Waals surface area contributed by atoms with Crippen molar-refractivity contribution in [2.45, 2.75) is 19.5 Å². The van der Waals surface area contributed by atoms with Gasteiger partial charge in [-0.25, -0.2) is 4.79 Å². The molecule has 0 saturated carbocycles. The van der Waals surface area contributed by atoms with Gasteiger partial charge in [-0.3, -0.25) is 4.79 Å². The number of carbonyl (C=O) groups excluding carboxylic acids is 1. The Labute approximate surface area is 119 Å². The molecule has 0 bridgehead atoms. The number of benzene rings is 1. The van der Waals surface area contributed by atoms with Gasteiger partial charge in [0.05, 0.1) is 11.5 Å². The van der Waals surface area contributed by atoms with E-state index in [0.29, 0.717) is 0 Å². The quantitative estimate of drug-likeness (QED) is 0.782. The highest BCUT2D eigenvalue weighted by atomic mass is 19.4. The smallest absolute Gasteiger partial charge is 0.416 e. The van der Waals surface area contributed by atoms with Crippen molar-refractivity contribution in [3.63, 3.8) is 0 Å². The third kappa shape index (κ3) is 5.72. The monoisotopic (exact) mass is 304 g/mol. The molecule has 0 aliphatic carbocycles. The van der Waals surface area contributed by atoms with E-state index in [2.05, 4.69) is 10.6 Å². The van der Waals surface area contributed by atoms with Gasteiger partial charge in [0.2, 0.25) is 0 Å². The second kappa shape index (κ2) is 6.96. The maximum Gasteiger partial charge on any atom is 0.416 e. The lowest BCUT2D eigenvalue weighted by Crippen LogP contribution is -2.31. The predicted octanol–water partition coefficient (Wildman–Crippen LogP) is 2.94. The van der Waals surface area contributed by atoms with Gasteiger partial charge in [0.1, 0.15) is 0 Å². The predicted molar refractivity (Wildman–Crippen MR) is 69.9 cm³/mol. The first-order valence-electron chi connectivity index (χ1n) is 6.15. The zero-order chi connectivity index (χ0) is 16.0. The minimum atomic E-state index is -4.42. The van der Waals surface area contributed by atoms with E-state index < -0.39 is 29.7 Å².